The highest BCUT2D eigenvalue weighted by atomic mass is 16.5. The molecule has 0 fully saturated rings. The molecular formula is C18H20N2O3. The molecule has 23 heavy (non-hydrogen) atoms. The Morgan fingerprint density at radius 1 is 1.13 bits per heavy atom. The second-order valence-electron chi connectivity index (χ2n) is 5.03. The number of carbonyl (C=O) groups excluding carboxylic acids is 2. The number of aryl methyl sites for hydroxylation is 1. The van der Waals surface area contributed by atoms with Crippen LogP contribution >= 0.6 is 0 Å². The van der Waals surface area contributed by atoms with Gasteiger partial charge in [0.25, 0.3) is 0 Å². The van der Waals surface area contributed by atoms with Gasteiger partial charge in [0.2, 0.25) is 11.8 Å². The summed E-state index contributed by atoms with van der Waals surface area (Å²) in [5.41, 5.74) is 7.15. The van der Waals surface area contributed by atoms with Crippen molar-refractivity contribution >= 4 is 17.5 Å². The first-order valence-corrected chi connectivity index (χ1v) is 7.50. The highest BCUT2D eigenvalue weighted by Crippen LogP contribution is 2.20. The number of carbonyl (C=O) groups is 2. The van der Waals surface area contributed by atoms with E-state index in [4.69, 9.17) is 10.5 Å². The minimum Gasteiger partial charge on any atom is -0.494 e. The SMILES string of the molecule is CCOc1ccccc1CCC(=O)Nc1cccc(C(N)=O)c1. The van der Waals surface area contributed by atoms with Crippen LogP contribution in [-0.2, 0) is 11.2 Å². The van der Waals surface area contributed by atoms with E-state index in [1.807, 2.05) is 31.2 Å². The highest BCUT2D eigenvalue weighted by Gasteiger charge is 2.08. The van der Waals surface area contributed by atoms with E-state index in [-0.39, 0.29) is 5.91 Å². The summed E-state index contributed by atoms with van der Waals surface area (Å²) in [6, 6.07) is 14.2. The molecule has 0 unspecified atom stereocenters. The Balaban J connectivity index is 1.95. The molecule has 0 aromatic heterocycles. The number of hydrogen-bond acceptors (Lipinski definition) is 3. The van der Waals surface area contributed by atoms with Crippen molar-refractivity contribution in [1.82, 2.24) is 0 Å². The van der Waals surface area contributed by atoms with Crippen LogP contribution < -0.4 is 15.8 Å². The summed E-state index contributed by atoms with van der Waals surface area (Å²) in [5.74, 6) is 0.156. The molecule has 2 rings (SSSR count). The molecule has 0 aliphatic carbocycles. The van der Waals surface area contributed by atoms with Gasteiger partial charge in [0.1, 0.15) is 5.75 Å². The maximum Gasteiger partial charge on any atom is 0.248 e. The van der Waals surface area contributed by atoms with Gasteiger partial charge in [-0.1, -0.05) is 24.3 Å². The van der Waals surface area contributed by atoms with Gasteiger partial charge in [0, 0.05) is 17.7 Å². The maximum atomic E-state index is 12.1. The molecule has 0 saturated heterocycles. The lowest BCUT2D eigenvalue weighted by molar-refractivity contribution is -0.116. The Morgan fingerprint density at radius 2 is 1.91 bits per heavy atom. The largest absolute Gasteiger partial charge is 0.494 e. The molecule has 0 spiro atoms. The van der Waals surface area contributed by atoms with Gasteiger partial charge in [-0.05, 0) is 43.2 Å². The third-order valence-electron chi connectivity index (χ3n) is 3.32. The summed E-state index contributed by atoms with van der Waals surface area (Å²) in [6.45, 7) is 2.51. The number of amides is 2. The van der Waals surface area contributed by atoms with Crippen LogP contribution in [0.2, 0.25) is 0 Å². The molecule has 120 valence electrons. The van der Waals surface area contributed by atoms with E-state index in [1.165, 1.54) is 0 Å². The summed E-state index contributed by atoms with van der Waals surface area (Å²) in [7, 11) is 0. The van der Waals surface area contributed by atoms with E-state index < -0.39 is 5.91 Å². The van der Waals surface area contributed by atoms with E-state index in [9.17, 15) is 9.59 Å². The molecule has 0 aliphatic rings. The van der Waals surface area contributed by atoms with Crippen molar-refractivity contribution in [3.8, 4) is 5.75 Å². The Labute approximate surface area is 135 Å². The van der Waals surface area contributed by atoms with Crippen molar-refractivity contribution in [2.45, 2.75) is 19.8 Å². The molecule has 0 aliphatic heterocycles. The highest BCUT2D eigenvalue weighted by molar-refractivity contribution is 5.96. The molecule has 0 radical (unpaired) electrons. The number of benzene rings is 2. The minimum absolute atomic E-state index is 0.127. The van der Waals surface area contributed by atoms with Crippen molar-refractivity contribution in [3.63, 3.8) is 0 Å². The van der Waals surface area contributed by atoms with Crippen molar-refractivity contribution in [3.05, 3.63) is 59.7 Å². The zero-order valence-corrected chi connectivity index (χ0v) is 13.0. The van der Waals surface area contributed by atoms with E-state index in [2.05, 4.69) is 5.32 Å². The summed E-state index contributed by atoms with van der Waals surface area (Å²) < 4.78 is 5.55. The summed E-state index contributed by atoms with van der Waals surface area (Å²) in [5, 5.41) is 2.77. The number of anilines is 1. The molecule has 3 N–H and O–H groups in total. The van der Waals surface area contributed by atoms with Crippen LogP contribution in [0.3, 0.4) is 0 Å². The average Bonchev–Trinajstić information content (AvgIpc) is 2.54. The van der Waals surface area contributed by atoms with E-state index in [0.717, 1.165) is 11.3 Å². The molecule has 2 amide bonds. The molecule has 0 heterocycles. The monoisotopic (exact) mass is 312 g/mol. The van der Waals surface area contributed by atoms with Crippen LogP contribution in [-0.4, -0.2) is 18.4 Å². The van der Waals surface area contributed by atoms with Gasteiger partial charge < -0.3 is 15.8 Å². The van der Waals surface area contributed by atoms with Crippen LogP contribution in [0.15, 0.2) is 48.5 Å². The van der Waals surface area contributed by atoms with Crippen molar-refractivity contribution in [2.75, 3.05) is 11.9 Å². The molecule has 5 heteroatoms. The number of primary amides is 1. The Hall–Kier alpha value is -2.82. The third kappa shape index (κ3) is 4.85. The topological polar surface area (TPSA) is 81.4 Å². The molecule has 5 nitrogen and oxygen atoms in total. The predicted molar refractivity (Wildman–Crippen MR) is 89.5 cm³/mol. The number of hydrogen-bond donors (Lipinski definition) is 2. The number of nitrogens with one attached hydrogen (secondary N) is 1. The lowest BCUT2D eigenvalue weighted by atomic mass is 10.1. The molecule has 2 aromatic carbocycles. The van der Waals surface area contributed by atoms with Crippen molar-refractivity contribution < 1.29 is 14.3 Å². The van der Waals surface area contributed by atoms with Crippen molar-refractivity contribution in [2.24, 2.45) is 5.73 Å². The van der Waals surface area contributed by atoms with Gasteiger partial charge in [-0.2, -0.15) is 0 Å². The Bertz CT molecular complexity index is 698. The summed E-state index contributed by atoms with van der Waals surface area (Å²) in [6.07, 6.45) is 0.905. The van der Waals surface area contributed by atoms with Gasteiger partial charge in [-0.25, -0.2) is 0 Å². The summed E-state index contributed by atoms with van der Waals surface area (Å²) in [4.78, 5) is 23.2. The van der Waals surface area contributed by atoms with Crippen LogP contribution in [0.1, 0.15) is 29.3 Å². The predicted octanol–water partition coefficient (Wildman–Crippen LogP) is 2.76. The number of para-hydroxylation sites is 1. The number of ether oxygens (including phenoxy) is 1. The fourth-order valence-electron chi connectivity index (χ4n) is 2.23. The molecule has 0 atom stereocenters. The minimum atomic E-state index is -0.522. The summed E-state index contributed by atoms with van der Waals surface area (Å²) >= 11 is 0. The van der Waals surface area contributed by atoms with Gasteiger partial charge in [-0.3, -0.25) is 9.59 Å². The number of rotatable bonds is 7. The first kappa shape index (κ1) is 16.5. The second kappa shape index (κ2) is 7.98. The molecule has 0 saturated carbocycles. The third-order valence-corrected chi connectivity index (χ3v) is 3.32. The Kier molecular flexibility index (Phi) is 5.74. The van der Waals surface area contributed by atoms with E-state index in [0.29, 0.717) is 30.7 Å². The smallest absolute Gasteiger partial charge is 0.248 e. The van der Waals surface area contributed by atoms with Crippen LogP contribution in [0, 0.1) is 0 Å². The fourth-order valence-corrected chi connectivity index (χ4v) is 2.23. The zero-order chi connectivity index (χ0) is 16.7. The standard InChI is InChI=1S/C18H20N2O3/c1-2-23-16-9-4-3-6-13(16)10-11-17(21)20-15-8-5-7-14(12-15)18(19)22/h3-9,12H,2,10-11H2,1H3,(H2,19,22)(H,20,21). The quantitative estimate of drug-likeness (QED) is 0.825. The van der Waals surface area contributed by atoms with Crippen LogP contribution in [0.4, 0.5) is 5.69 Å². The molecule has 0 bridgehead atoms. The normalized spacial score (nSPS) is 10.1. The average molecular weight is 312 g/mol. The number of nitrogens with two attached hydrogens (primary N) is 1. The lowest BCUT2D eigenvalue weighted by Gasteiger charge is -2.10. The fraction of sp³-hybridized carbons (Fsp3) is 0.222. The van der Waals surface area contributed by atoms with Gasteiger partial charge in [0.15, 0.2) is 0 Å². The molecular weight excluding hydrogens is 292 g/mol. The van der Waals surface area contributed by atoms with Gasteiger partial charge in [-0.15, -0.1) is 0 Å². The van der Waals surface area contributed by atoms with E-state index >= 15 is 0 Å². The van der Waals surface area contributed by atoms with Gasteiger partial charge >= 0.3 is 0 Å². The van der Waals surface area contributed by atoms with Crippen LogP contribution in [0.5, 0.6) is 5.75 Å². The second-order valence-corrected chi connectivity index (χ2v) is 5.03. The Morgan fingerprint density at radius 3 is 2.65 bits per heavy atom. The van der Waals surface area contributed by atoms with Crippen molar-refractivity contribution in [1.29, 1.82) is 0 Å². The van der Waals surface area contributed by atoms with Gasteiger partial charge in [0.05, 0.1) is 6.61 Å². The van der Waals surface area contributed by atoms with E-state index in [1.54, 1.807) is 24.3 Å². The molecule has 2 aromatic rings. The van der Waals surface area contributed by atoms with Crippen LogP contribution in [0.25, 0.3) is 0 Å². The first-order chi connectivity index (χ1) is 11.1. The zero-order valence-electron chi connectivity index (χ0n) is 13.0. The lowest BCUT2D eigenvalue weighted by Crippen LogP contribution is -2.14. The first-order valence-electron chi connectivity index (χ1n) is 7.50. The maximum absolute atomic E-state index is 12.1.